The van der Waals surface area contributed by atoms with Crippen LogP contribution in [0, 0.1) is 0 Å². The van der Waals surface area contributed by atoms with Crippen LogP contribution >= 0.6 is 0 Å². The van der Waals surface area contributed by atoms with E-state index in [0.717, 1.165) is 17.7 Å². The molecule has 0 radical (unpaired) electrons. The van der Waals surface area contributed by atoms with E-state index in [4.69, 9.17) is 4.74 Å². The Labute approximate surface area is 133 Å². The second-order valence-electron chi connectivity index (χ2n) is 5.71. The SMILES string of the molecule is O=c1[nH]c(CNC[C@H]2Cc3ccccc3O2)nc2ccccc12. The summed E-state index contributed by atoms with van der Waals surface area (Å²) in [5.41, 5.74) is 1.87. The van der Waals surface area contributed by atoms with Gasteiger partial charge in [-0.1, -0.05) is 30.3 Å². The maximum absolute atomic E-state index is 12.0. The van der Waals surface area contributed by atoms with Crippen LogP contribution in [0.15, 0.2) is 53.3 Å². The van der Waals surface area contributed by atoms with Gasteiger partial charge in [-0.3, -0.25) is 4.79 Å². The van der Waals surface area contributed by atoms with Crippen molar-refractivity contribution in [1.82, 2.24) is 15.3 Å². The van der Waals surface area contributed by atoms with Gasteiger partial charge in [0.2, 0.25) is 0 Å². The Hall–Kier alpha value is -2.66. The molecule has 0 bridgehead atoms. The first kappa shape index (κ1) is 14.0. The van der Waals surface area contributed by atoms with E-state index in [1.807, 2.05) is 36.4 Å². The zero-order valence-electron chi connectivity index (χ0n) is 12.6. The Kier molecular flexibility index (Phi) is 3.55. The first-order chi connectivity index (χ1) is 11.3. The van der Waals surface area contributed by atoms with Gasteiger partial charge in [-0.15, -0.1) is 0 Å². The molecule has 0 amide bonds. The largest absolute Gasteiger partial charge is 0.488 e. The van der Waals surface area contributed by atoms with Crippen molar-refractivity contribution in [3.63, 3.8) is 0 Å². The number of rotatable bonds is 4. The van der Waals surface area contributed by atoms with Crippen LogP contribution in [0.2, 0.25) is 0 Å². The van der Waals surface area contributed by atoms with Crippen LogP contribution in [0.25, 0.3) is 10.9 Å². The van der Waals surface area contributed by atoms with Crippen molar-refractivity contribution >= 4 is 10.9 Å². The van der Waals surface area contributed by atoms with E-state index < -0.39 is 0 Å². The summed E-state index contributed by atoms with van der Waals surface area (Å²) in [4.78, 5) is 19.3. The molecule has 4 rings (SSSR count). The second kappa shape index (κ2) is 5.85. The van der Waals surface area contributed by atoms with Gasteiger partial charge in [-0.2, -0.15) is 0 Å². The van der Waals surface area contributed by atoms with Crippen molar-refractivity contribution in [2.75, 3.05) is 6.54 Å². The number of aromatic amines is 1. The van der Waals surface area contributed by atoms with E-state index in [1.54, 1.807) is 6.07 Å². The summed E-state index contributed by atoms with van der Waals surface area (Å²) in [6.07, 6.45) is 1.03. The van der Waals surface area contributed by atoms with E-state index in [2.05, 4.69) is 21.4 Å². The highest BCUT2D eigenvalue weighted by Gasteiger charge is 2.21. The summed E-state index contributed by atoms with van der Waals surface area (Å²) in [5, 5.41) is 3.93. The van der Waals surface area contributed by atoms with Crippen molar-refractivity contribution in [3.05, 3.63) is 70.3 Å². The minimum Gasteiger partial charge on any atom is -0.488 e. The second-order valence-corrected chi connectivity index (χ2v) is 5.71. The number of para-hydroxylation sites is 2. The minimum absolute atomic E-state index is 0.100. The third-order valence-electron chi connectivity index (χ3n) is 4.04. The first-order valence-corrected chi connectivity index (χ1v) is 7.73. The molecule has 0 saturated heterocycles. The molecule has 2 heterocycles. The van der Waals surface area contributed by atoms with Gasteiger partial charge < -0.3 is 15.0 Å². The molecule has 1 aliphatic heterocycles. The van der Waals surface area contributed by atoms with E-state index >= 15 is 0 Å². The van der Waals surface area contributed by atoms with Gasteiger partial charge in [0.05, 0.1) is 17.4 Å². The van der Waals surface area contributed by atoms with Crippen molar-refractivity contribution in [1.29, 1.82) is 0 Å². The molecule has 116 valence electrons. The number of benzene rings is 2. The predicted molar refractivity (Wildman–Crippen MR) is 88.6 cm³/mol. The van der Waals surface area contributed by atoms with Gasteiger partial charge in [-0.05, 0) is 23.8 Å². The summed E-state index contributed by atoms with van der Waals surface area (Å²) >= 11 is 0. The smallest absolute Gasteiger partial charge is 0.258 e. The Bertz CT molecular complexity index is 879. The van der Waals surface area contributed by atoms with Crippen molar-refractivity contribution in [2.45, 2.75) is 19.1 Å². The average molecular weight is 307 g/mol. The monoisotopic (exact) mass is 307 g/mol. The minimum atomic E-state index is -0.100. The lowest BCUT2D eigenvalue weighted by Crippen LogP contribution is -2.30. The van der Waals surface area contributed by atoms with Crippen LogP contribution in [-0.4, -0.2) is 22.6 Å². The fourth-order valence-electron chi connectivity index (χ4n) is 2.94. The lowest BCUT2D eigenvalue weighted by molar-refractivity contribution is 0.227. The summed E-state index contributed by atoms with van der Waals surface area (Å²) in [5.74, 6) is 1.61. The van der Waals surface area contributed by atoms with Gasteiger partial charge in [-0.25, -0.2) is 4.98 Å². The van der Waals surface area contributed by atoms with Crippen LogP contribution < -0.4 is 15.6 Å². The lowest BCUT2D eigenvalue weighted by atomic mass is 10.1. The predicted octanol–water partition coefficient (Wildman–Crippen LogP) is 2.02. The maximum Gasteiger partial charge on any atom is 0.258 e. The molecule has 3 aromatic rings. The Morgan fingerprint density at radius 1 is 1.17 bits per heavy atom. The number of nitrogens with one attached hydrogen (secondary N) is 2. The number of ether oxygens (including phenoxy) is 1. The van der Waals surface area contributed by atoms with Crippen molar-refractivity contribution in [2.24, 2.45) is 0 Å². The molecular formula is C18H17N3O2. The van der Waals surface area contributed by atoms with Crippen LogP contribution in [0.3, 0.4) is 0 Å². The van der Waals surface area contributed by atoms with Crippen LogP contribution in [-0.2, 0) is 13.0 Å². The van der Waals surface area contributed by atoms with Crippen LogP contribution in [0.5, 0.6) is 5.75 Å². The molecule has 0 spiro atoms. The normalized spacial score (nSPS) is 16.3. The summed E-state index contributed by atoms with van der Waals surface area (Å²) in [7, 11) is 0. The average Bonchev–Trinajstić information content (AvgIpc) is 2.98. The highest BCUT2D eigenvalue weighted by atomic mass is 16.5. The topological polar surface area (TPSA) is 67.0 Å². The Balaban J connectivity index is 1.40. The number of fused-ring (bicyclic) bond motifs is 2. The number of hydrogen-bond donors (Lipinski definition) is 2. The molecule has 2 N–H and O–H groups in total. The molecule has 1 aromatic heterocycles. The number of aromatic nitrogens is 2. The molecular weight excluding hydrogens is 290 g/mol. The van der Waals surface area contributed by atoms with Crippen molar-refractivity contribution < 1.29 is 4.74 Å². The van der Waals surface area contributed by atoms with E-state index in [0.29, 0.717) is 24.3 Å². The van der Waals surface area contributed by atoms with Gasteiger partial charge in [0.15, 0.2) is 0 Å². The van der Waals surface area contributed by atoms with Gasteiger partial charge in [0.1, 0.15) is 17.7 Å². The highest BCUT2D eigenvalue weighted by molar-refractivity contribution is 5.77. The van der Waals surface area contributed by atoms with Gasteiger partial charge >= 0.3 is 0 Å². The first-order valence-electron chi connectivity index (χ1n) is 7.73. The summed E-state index contributed by atoms with van der Waals surface area (Å²) < 4.78 is 5.88. The molecule has 5 nitrogen and oxygen atoms in total. The Morgan fingerprint density at radius 2 is 2.00 bits per heavy atom. The molecule has 0 saturated carbocycles. The molecule has 0 fully saturated rings. The fourth-order valence-corrected chi connectivity index (χ4v) is 2.94. The molecule has 0 unspecified atom stereocenters. The van der Waals surface area contributed by atoms with E-state index in [-0.39, 0.29) is 11.7 Å². The molecule has 5 heteroatoms. The van der Waals surface area contributed by atoms with Crippen molar-refractivity contribution in [3.8, 4) is 5.75 Å². The number of nitrogens with zero attached hydrogens (tertiary/aromatic N) is 1. The van der Waals surface area contributed by atoms with Crippen LogP contribution in [0.1, 0.15) is 11.4 Å². The standard InChI is InChI=1S/C18H17N3O2/c22-18-14-6-2-3-7-15(14)20-17(21-18)11-19-10-13-9-12-5-1-4-8-16(12)23-13/h1-8,13,19H,9-11H2,(H,20,21,22)/t13-/m1/s1. The molecule has 2 aromatic carbocycles. The third-order valence-corrected chi connectivity index (χ3v) is 4.04. The highest BCUT2D eigenvalue weighted by Crippen LogP contribution is 2.27. The fraction of sp³-hybridized carbons (Fsp3) is 0.222. The Morgan fingerprint density at radius 3 is 2.91 bits per heavy atom. The third kappa shape index (κ3) is 2.83. The van der Waals surface area contributed by atoms with Crippen LogP contribution in [0.4, 0.5) is 0 Å². The van der Waals surface area contributed by atoms with E-state index in [1.165, 1.54) is 5.56 Å². The summed E-state index contributed by atoms with van der Waals surface area (Å²) in [6, 6.07) is 15.5. The molecule has 0 aliphatic carbocycles. The van der Waals surface area contributed by atoms with E-state index in [9.17, 15) is 4.79 Å². The molecule has 1 atom stereocenters. The summed E-state index contributed by atoms with van der Waals surface area (Å²) in [6.45, 7) is 1.22. The zero-order valence-corrected chi connectivity index (χ0v) is 12.6. The number of hydrogen-bond acceptors (Lipinski definition) is 4. The molecule has 1 aliphatic rings. The molecule has 23 heavy (non-hydrogen) atoms. The van der Waals surface area contributed by atoms with Gasteiger partial charge in [0, 0.05) is 13.0 Å². The lowest BCUT2D eigenvalue weighted by Gasteiger charge is -2.11. The maximum atomic E-state index is 12.0. The number of H-pyrrole nitrogens is 1. The quantitative estimate of drug-likeness (QED) is 0.774. The zero-order chi connectivity index (χ0) is 15.6. The van der Waals surface area contributed by atoms with Gasteiger partial charge in [0.25, 0.3) is 5.56 Å².